The standard InChI is InChI=1S/C23H24N2O2/c1-15-14-25(16(2)13-24-15)23(27)21-5-3-4-17(11-21)18-6-7-20-12-22(26)9-8-19(20)10-18/h3-12,15-16,24,26H,13-14H2,1-2H3/t15-,16+/m1/s1. The number of benzene rings is 3. The van der Waals surface area contributed by atoms with E-state index in [1.165, 1.54) is 0 Å². The Labute approximate surface area is 159 Å². The van der Waals surface area contributed by atoms with Crippen LogP contribution in [-0.2, 0) is 0 Å². The van der Waals surface area contributed by atoms with E-state index in [-0.39, 0.29) is 17.7 Å². The molecular formula is C23H24N2O2. The number of aromatic hydroxyl groups is 1. The number of fused-ring (bicyclic) bond motifs is 1. The van der Waals surface area contributed by atoms with Crippen molar-refractivity contribution in [3.8, 4) is 16.9 Å². The Kier molecular flexibility index (Phi) is 4.58. The minimum Gasteiger partial charge on any atom is -0.508 e. The number of hydrogen-bond acceptors (Lipinski definition) is 3. The molecule has 27 heavy (non-hydrogen) atoms. The van der Waals surface area contributed by atoms with Crippen LogP contribution in [0, 0.1) is 0 Å². The van der Waals surface area contributed by atoms with E-state index in [9.17, 15) is 9.90 Å². The number of amides is 1. The highest BCUT2D eigenvalue weighted by Gasteiger charge is 2.27. The zero-order valence-corrected chi connectivity index (χ0v) is 15.6. The van der Waals surface area contributed by atoms with E-state index >= 15 is 0 Å². The first kappa shape index (κ1) is 17.6. The molecule has 1 aliphatic heterocycles. The molecule has 0 bridgehead atoms. The van der Waals surface area contributed by atoms with E-state index in [0.29, 0.717) is 6.04 Å². The number of nitrogens with zero attached hydrogens (tertiary/aromatic N) is 1. The van der Waals surface area contributed by atoms with Crippen LogP contribution < -0.4 is 5.32 Å². The second-order valence-electron chi connectivity index (χ2n) is 7.44. The van der Waals surface area contributed by atoms with Gasteiger partial charge in [0.05, 0.1) is 0 Å². The van der Waals surface area contributed by atoms with Gasteiger partial charge in [-0.05, 0) is 66.1 Å². The molecule has 2 atom stereocenters. The van der Waals surface area contributed by atoms with E-state index in [4.69, 9.17) is 0 Å². The average Bonchev–Trinajstić information content (AvgIpc) is 2.69. The molecule has 2 N–H and O–H groups in total. The van der Waals surface area contributed by atoms with Crippen molar-refractivity contribution in [1.29, 1.82) is 0 Å². The van der Waals surface area contributed by atoms with E-state index < -0.39 is 0 Å². The molecule has 0 radical (unpaired) electrons. The van der Waals surface area contributed by atoms with Crippen LogP contribution in [0.4, 0.5) is 0 Å². The Morgan fingerprint density at radius 3 is 2.59 bits per heavy atom. The SMILES string of the molecule is C[C@@H]1CN(C(=O)c2cccc(-c3ccc4cc(O)ccc4c3)c2)[C@@H](C)CN1. The van der Waals surface area contributed by atoms with Crippen molar-refractivity contribution in [2.24, 2.45) is 0 Å². The fourth-order valence-corrected chi connectivity index (χ4v) is 3.71. The van der Waals surface area contributed by atoms with Crippen LogP contribution in [0.3, 0.4) is 0 Å². The summed E-state index contributed by atoms with van der Waals surface area (Å²) in [6.07, 6.45) is 0. The van der Waals surface area contributed by atoms with Crippen molar-refractivity contribution in [1.82, 2.24) is 10.2 Å². The van der Waals surface area contributed by atoms with E-state index in [0.717, 1.165) is 40.6 Å². The Morgan fingerprint density at radius 2 is 1.74 bits per heavy atom. The lowest BCUT2D eigenvalue weighted by Crippen LogP contribution is -2.56. The third-order valence-corrected chi connectivity index (χ3v) is 5.29. The van der Waals surface area contributed by atoms with Gasteiger partial charge in [0.1, 0.15) is 5.75 Å². The van der Waals surface area contributed by atoms with E-state index in [1.807, 2.05) is 47.4 Å². The topological polar surface area (TPSA) is 52.6 Å². The number of carbonyl (C=O) groups excluding carboxylic acids is 1. The predicted molar refractivity (Wildman–Crippen MR) is 109 cm³/mol. The second-order valence-corrected chi connectivity index (χ2v) is 7.44. The second kappa shape index (κ2) is 7.05. The molecule has 1 amide bonds. The molecule has 0 aliphatic carbocycles. The summed E-state index contributed by atoms with van der Waals surface area (Å²) < 4.78 is 0. The Hall–Kier alpha value is -2.85. The number of rotatable bonds is 2. The highest BCUT2D eigenvalue weighted by atomic mass is 16.3. The molecule has 1 heterocycles. The zero-order chi connectivity index (χ0) is 19.0. The Morgan fingerprint density at radius 1 is 1.00 bits per heavy atom. The molecular weight excluding hydrogens is 336 g/mol. The fourth-order valence-electron chi connectivity index (χ4n) is 3.71. The van der Waals surface area contributed by atoms with Gasteiger partial charge in [-0.25, -0.2) is 0 Å². The summed E-state index contributed by atoms with van der Waals surface area (Å²) in [7, 11) is 0. The molecule has 3 aromatic rings. The predicted octanol–water partition coefficient (Wildman–Crippen LogP) is 4.03. The summed E-state index contributed by atoms with van der Waals surface area (Å²) in [5, 5.41) is 15.1. The van der Waals surface area contributed by atoms with Gasteiger partial charge < -0.3 is 15.3 Å². The molecule has 4 rings (SSSR count). The van der Waals surface area contributed by atoms with Crippen molar-refractivity contribution in [3.63, 3.8) is 0 Å². The lowest BCUT2D eigenvalue weighted by atomic mass is 9.99. The van der Waals surface area contributed by atoms with E-state index in [1.54, 1.807) is 12.1 Å². The van der Waals surface area contributed by atoms with Gasteiger partial charge >= 0.3 is 0 Å². The van der Waals surface area contributed by atoms with Gasteiger partial charge in [0, 0.05) is 30.7 Å². The molecule has 138 valence electrons. The maximum atomic E-state index is 13.1. The van der Waals surface area contributed by atoms with Crippen LogP contribution >= 0.6 is 0 Å². The highest BCUT2D eigenvalue weighted by Crippen LogP contribution is 2.27. The lowest BCUT2D eigenvalue weighted by molar-refractivity contribution is 0.0616. The van der Waals surface area contributed by atoms with Crippen LogP contribution in [0.25, 0.3) is 21.9 Å². The first-order valence-corrected chi connectivity index (χ1v) is 9.39. The Bertz CT molecular complexity index is 999. The molecule has 4 heteroatoms. The van der Waals surface area contributed by atoms with Crippen molar-refractivity contribution in [2.75, 3.05) is 13.1 Å². The van der Waals surface area contributed by atoms with Crippen molar-refractivity contribution in [3.05, 3.63) is 66.2 Å². The summed E-state index contributed by atoms with van der Waals surface area (Å²) in [5.74, 6) is 0.352. The molecule has 0 saturated carbocycles. The molecule has 0 aromatic heterocycles. The molecule has 3 aromatic carbocycles. The normalized spacial score (nSPS) is 20.0. The van der Waals surface area contributed by atoms with Crippen LogP contribution in [-0.4, -0.2) is 41.1 Å². The van der Waals surface area contributed by atoms with Crippen LogP contribution in [0.15, 0.2) is 60.7 Å². The summed E-state index contributed by atoms with van der Waals surface area (Å²) in [4.78, 5) is 15.0. The van der Waals surface area contributed by atoms with Crippen molar-refractivity contribution >= 4 is 16.7 Å². The summed E-state index contributed by atoms with van der Waals surface area (Å²) >= 11 is 0. The Balaban J connectivity index is 1.66. The first-order chi connectivity index (χ1) is 13.0. The van der Waals surface area contributed by atoms with Gasteiger partial charge in [0.15, 0.2) is 0 Å². The fraction of sp³-hybridized carbons (Fsp3) is 0.261. The number of phenols is 1. The summed E-state index contributed by atoms with van der Waals surface area (Å²) in [6, 6.07) is 19.8. The maximum Gasteiger partial charge on any atom is 0.254 e. The molecule has 1 fully saturated rings. The van der Waals surface area contributed by atoms with Crippen molar-refractivity contribution in [2.45, 2.75) is 25.9 Å². The number of phenolic OH excluding ortho intramolecular Hbond substituents is 1. The average molecular weight is 360 g/mol. The number of piperazine rings is 1. The van der Waals surface area contributed by atoms with Gasteiger partial charge in [-0.3, -0.25) is 4.79 Å². The maximum absolute atomic E-state index is 13.1. The lowest BCUT2D eigenvalue weighted by Gasteiger charge is -2.37. The molecule has 4 nitrogen and oxygen atoms in total. The zero-order valence-electron chi connectivity index (χ0n) is 15.6. The van der Waals surface area contributed by atoms with Gasteiger partial charge in [0.25, 0.3) is 5.91 Å². The van der Waals surface area contributed by atoms with Gasteiger partial charge in [0.2, 0.25) is 0 Å². The molecule has 1 aliphatic rings. The van der Waals surface area contributed by atoms with Crippen LogP contribution in [0.5, 0.6) is 5.75 Å². The van der Waals surface area contributed by atoms with Gasteiger partial charge in [-0.1, -0.05) is 30.3 Å². The molecule has 1 saturated heterocycles. The van der Waals surface area contributed by atoms with Gasteiger partial charge in [-0.15, -0.1) is 0 Å². The highest BCUT2D eigenvalue weighted by molar-refractivity contribution is 5.96. The van der Waals surface area contributed by atoms with Crippen molar-refractivity contribution < 1.29 is 9.90 Å². The van der Waals surface area contributed by atoms with Gasteiger partial charge in [-0.2, -0.15) is 0 Å². The monoisotopic (exact) mass is 360 g/mol. The number of hydrogen-bond donors (Lipinski definition) is 2. The largest absolute Gasteiger partial charge is 0.508 e. The third-order valence-electron chi connectivity index (χ3n) is 5.29. The smallest absolute Gasteiger partial charge is 0.254 e. The number of carbonyl (C=O) groups is 1. The van der Waals surface area contributed by atoms with E-state index in [2.05, 4.69) is 25.2 Å². The quantitative estimate of drug-likeness (QED) is 0.725. The molecule has 0 unspecified atom stereocenters. The third kappa shape index (κ3) is 3.53. The summed E-state index contributed by atoms with van der Waals surface area (Å²) in [5.41, 5.74) is 2.80. The minimum atomic E-state index is 0.0865. The summed E-state index contributed by atoms with van der Waals surface area (Å²) in [6.45, 7) is 5.74. The number of nitrogens with one attached hydrogen (secondary N) is 1. The van der Waals surface area contributed by atoms with Crippen LogP contribution in [0.1, 0.15) is 24.2 Å². The molecule has 0 spiro atoms. The minimum absolute atomic E-state index is 0.0865. The first-order valence-electron chi connectivity index (χ1n) is 9.39. The van der Waals surface area contributed by atoms with Crippen LogP contribution in [0.2, 0.25) is 0 Å².